The molecule has 9 rings (SSSR count). The van der Waals surface area contributed by atoms with Gasteiger partial charge < -0.3 is 60.3 Å². The quantitative estimate of drug-likeness (QED) is 0.0777. The average molecular weight is 1190 g/mol. The van der Waals surface area contributed by atoms with Crippen LogP contribution in [0.15, 0.2) is 273 Å². The van der Waals surface area contributed by atoms with Gasteiger partial charge in [-0.3, -0.25) is 0 Å². The van der Waals surface area contributed by atoms with Crippen molar-refractivity contribution < 1.29 is 95.9 Å². The largest absolute Gasteiger partial charge is 3.00 e. The molecule has 0 saturated heterocycles. The van der Waals surface area contributed by atoms with E-state index in [0.717, 1.165) is 42.7 Å². The van der Waals surface area contributed by atoms with E-state index in [-0.39, 0.29) is 35.6 Å². The third-order valence-electron chi connectivity index (χ3n) is 11.8. The predicted octanol–water partition coefficient (Wildman–Crippen LogP) is 5.96. The first-order valence-corrected chi connectivity index (χ1v) is 24.1. The average Bonchev–Trinajstić information content (AvgIpc) is 3.59. The van der Waals surface area contributed by atoms with Crippen LogP contribution in [0.5, 0.6) is 0 Å². The van der Waals surface area contributed by atoms with Crippen LogP contribution in [-0.4, -0.2) is 91.2 Å². The molecule has 0 radical (unpaired) electrons. The molecule has 13 heteroatoms. The minimum absolute atomic E-state index is 0. The van der Waals surface area contributed by atoms with Crippen LogP contribution in [-0.2, 0) is 30.6 Å². The summed E-state index contributed by atoms with van der Waals surface area (Å²) >= 11 is 0. The molecule has 408 valence electrons. The Balaban J connectivity index is 0.00000105. The number of carbonyl (C=O) groups excluding carboxylic acids is 3. The van der Waals surface area contributed by atoms with E-state index >= 15 is 0 Å². The third-order valence-corrected chi connectivity index (χ3v) is 11.8. The maximum absolute atomic E-state index is 12.3. The van der Waals surface area contributed by atoms with Crippen molar-refractivity contribution in [3.8, 4) is 0 Å². The topological polar surface area (TPSA) is 242 Å². The minimum atomic E-state index is -1.32. The summed E-state index contributed by atoms with van der Waals surface area (Å²) in [5, 5.41) is 78.9. The van der Waals surface area contributed by atoms with Gasteiger partial charge in [0.25, 0.3) is 0 Å². The van der Waals surface area contributed by atoms with Gasteiger partial charge in [0.05, 0.1) is 34.2 Å². The zero-order valence-electron chi connectivity index (χ0n) is 45.2. The number of carboxylic acid groups (broad SMARTS) is 3. The molecule has 0 atom stereocenters. The van der Waals surface area contributed by atoms with Crippen molar-refractivity contribution in [1.29, 1.82) is 0 Å². The van der Waals surface area contributed by atoms with Crippen molar-refractivity contribution >= 4 is 17.9 Å². The molecule has 6 N–H and O–H groups in total. The van der Waals surface area contributed by atoms with Crippen LogP contribution < -0.4 is 15.3 Å². The molecule has 0 aliphatic carbocycles. The van der Waals surface area contributed by atoms with Gasteiger partial charge in [0.1, 0.15) is 0 Å². The Morgan fingerprint density at radius 3 is 0.354 bits per heavy atom. The summed E-state index contributed by atoms with van der Waals surface area (Å²) in [5.74, 6) is -3.39. The van der Waals surface area contributed by atoms with Crippen LogP contribution in [0.3, 0.4) is 0 Å². The Morgan fingerprint density at radius 1 is 0.215 bits per heavy atom. The van der Waals surface area contributed by atoms with Crippen LogP contribution in [0.2, 0.25) is 0 Å². The molecule has 9 aromatic rings. The standard InChI is InChI=1S/3C20H16O2.6CH4O.La/c3*21-19(22)20(16-10-4-1-5-11-16,17-12-6-2-7-13-17)18-14-8-3-9-15-18;6*1-2;/h3*1-15H,(H,21,22);6*2H,1H3;/q;;;;;;;;;+3/p-3. The van der Waals surface area contributed by atoms with E-state index in [2.05, 4.69) is 0 Å². The maximum atomic E-state index is 12.3. The Bertz CT molecular complexity index is 2310. The summed E-state index contributed by atoms with van der Waals surface area (Å²) in [5.41, 5.74) is 2.24. The van der Waals surface area contributed by atoms with Gasteiger partial charge in [-0.25, -0.2) is 0 Å². The normalized spacial score (nSPS) is 9.72. The number of hydrogen-bond donors (Lipinski definition) is 6. The summed E-state index contributed by atoms with van der Waals surface area (Å²) in [7, 11) is 6.00. The van der Waals surface area contributed by atoms with Crippen molar-refractivity contribution in [2.24, 2.45) is 0 Å². The van der Waals surface area contributed by atoms with Crippen LogP contribution in [0.1, 0.15) is 50.1 Å². The molecule has 0 aliphatic rings. The fourth-order valence-corrected chi connectivity index (χ4v) is 8.75. The summed E-state index contributed by atoms with van der Waals surface area (Å²) in [6, 6.07) is 83.0. The summed E-state index contributed by atoms with van der Waals surface area (Å²) in [6.07, 6.45) is 0. The molecule has 0 heterocycles. The Hall–Kier alpha value is -7.66. The summed E-state index contributed by atoms with van der Waals surface area (Å²) in [4.78, 5) is 36.9. The SMILES string of the molecule is CO.CO.CO.CO.CO.CO.O=C([O-])C(c1ccccc1)(c1ccccc1)c1ccccc1.O=C([O-])C(c1ccccc1)(c1ccccc1)c1ccccc1.O=C([O-])C(c1ccccc1)(c1ccccc1)c1ccccc1.[La+3]. The van der Waals surface area contributed by atoms with E-state index in [4.69, 9.17) is 30.6 Å². The third kappa shape index (κ3) is 17.7. The van der Waals surface area contributed by atoms with Crippen molar-refractivity contribution in [2.45, 2.75) is 16.2 Å². The molecule has 0 aromatic heterocycles. The molecule has 0 amide bonds. The second kappa shape index (κ2) is 40.5. The molecular weight excluding hydrogens is 1120 g/mol. The van der Waals surface area contributed by atoms with Crippen LogP contribution in [0, 0.1) is 35.6 Å². The zero-order chi connectivity index (χ0) is 58.2. The molecule has 9 aromatic carbocycles. The zero-order valence-corrected chi connectivity index (χ0v) is 48.8. The minimum Gasteiger partial charge on any atom is -0.548 e. The number of aliphatic hydroxyl groups excluding tert-OH is 6. The van der Waals surface area contributed by atoms with E-state index in [1.165, 1.54) is 0 Å². The first-order chi connectivity index (χ1) is 38.3. The molecule has 0 bridgehead atoms. The van der Waals surface area contributed by atoms with Crippen molar-refractivity contribution in [2.75, 3.05) is 42.7 Å². The van der Waals surface area contributed by atoms with Gasteiger partial charge in [0.2, 0.25) is 0 Å². The monoisotopic (exact) mass is 1190 g/mol. The molecule has 79 heavy (non-hydrogen) atoms. The van der Waals surface area contributed by atoms with Gasteiger partial charge in [-0.15, -0.1) is 0 Å². The Kier molecular flexibility index (Phi) is 36.6. The molecule has 12 nitrogen and oxygen atoms in total. The molecule has 0 fully saturated rings. The molecule has 0 unspecified atom stereocenters. The molecule has 0 spiro atoms. The Labute approximate surface area is 492 Å². The fourth-order valence-electron chi connectivity index (χ4n) is 8.75. The van der Waals surface area contributed by atoms with E-state index < -0.39 is 34.2 Å². The molecular formula is C66H69LaO12. The maximum Gasteiger partial charge on any atom is 3.00 e. The van der Waals surface area contributed by atoms with Crippen LogP contribution >= 0.6 is 0 Å². The number of aliphatic hydroxyl groups is 6. The van der Waals surface area contributed by atoms with Gasteiger partial charge >= 0.3 is 35.6 Å². The summed E-state index contributed by atoms with van der Waals surface area (Å²) < 4.78 is 0. The number of rotatable bonds is 12. The van der Waals surface area contributed by atoms with E-state index in [0.29, 0.717) is 50.1 Å². The second-order valence-electron chi connectivity index (χ2n) is 15.4. The van der Waals surface area contributed by atoms with Gasteiger partial charge in [-0.05, 0) is 50.1 Å². The fraction of sp³-hybridized carbons (Fsp3) is 0.136. The number of carboxylic acids is 3. The number of benzene rings is 9. The van der Waals surface area contributed by atoms with Gasteiger partial charge in [0, 0.05) is 42.7 Å². The van der Waals surface area contributed by atoms with E-state index in [1.807, 2.05) is 273 Å². The Morgan fingerprint density at radius 2 is 0.291 bits per heavy atom. The van der Waals surface area contributed by atoms with Gasteiger partial charge in [-0.2, -0.15) is 0 Å². The van der Waals surface area contributed by atoms with Gasteiger partial charge in [-0.1, -0.05) is 273 Å². The number of hydrogen-bond acceptors (Lipinski definition) is 12. The summed E-state index contributed by atoms with van der Waals surface area (Å²) in [6.45, 7) is 0. The smallest absolute Gasteiger partial charge is 0.548 e. The number of aliphatic carboxylic acids is 3. The second-order valence-corrected chi connectivity index (χ2v) is 15.4. The first-order valence-electron chi connectivity index (χ1n) is 24.1. The molecule has 0 saturated carbocycles. The van der Waals surface area contributed by atoms with E-state index in [1.54, 1.807) is 0 Å². The van der Waals surface area contributed by atoms with E-state index in [9.17, 15) is 29.7 Å². The van der Waals surface area contributed by atoms with Crippen molar-refractivity contribution in [3.05, 3.63) is 323 Å². The van der Waals surface area contributed by atoms with Crippen LogP contribution in [0.4, 0.5) is 0 Å². The predicted molar refractivity (Wildman–Crippen MR) is 302 cm³/mol. The number of carbonyl (C=O) groups is 3. The first kappa shape index (κ1) is 71.3. The van der Waals surface area contributed by atoms with Gasteiger partial charge in [0.15, 0.2) is 0 Å². The van der Waals surface area contributed by atoms with Crippen molar-refractivity contribution in [3.63, 3.8) is 0 Å². The van der Waals surface area contributed by atoms with Crippen molar-refractivity contribution in [1.82, 2.24) is 0 Å². The molecule has 0 aliphatic heterocycles. The van der Waals surface area contributed by atoms with Crippen LogP contribution in [0.25, 0.3) is 0 Å².